The highest BCUT2D eigenvalue weighted by atomic mass is 16.4. The second-order valence-corrected chi connectivity index (χ2v) is 4.74. The second kappa shape index (κ2) is 6.10. The van der Waals surface area contributed by atoms with Gasteiger partial charge in [0, 0.05) is 16.9 Å². The lowest BCUT2D eigenvalue weighted by atomic mass is 10.1. The van der Waals surface area contributed by atoms with Gasteiger partial charge in [-0.25, -0.2) is 0 Å². The molecule has 0 spiro atoms. The van der Waals surface area contributed by atoms with E-state index in [4.69, 9.17) is 0 Å². The second-order valence-electron chi connectivity index (χ2n) is 4.74. The van der Waals surface area contributed by atoms with Gasteiger partial charge in [-0.05, 0) is 35.9 Å². The zero-order valence-corrected chi connectivity index (χ0v) is 11.8. The lowest BCUT2D eigenvalue weighted by Crippen LogP contribution is -2.22. The normalized spacial score (nSPS) is 10.3. The van der Waals surface area contributed by atoms with Crippen LogP contribution in [0.25, 0.3) is 5.69 Å². The summed E-state index contributed by atoms with van der Waals surface area (Å²) in [5.41, 5.74) is 1.55. The molecule has 7 heteroatoms. The first-order valence-corrected chi connectivity index (χ1v) is 6.71. The van der Waals surface area contributed by atoms with Crippen molar-refractivity contribution in [2.45, 2.75) is 0 Å². The van der Waals surface area contributed by atoms with Crippen LogP contribution in [-0.2, 0) is 0 Å². The van der Waals surface area contributed by atoms with Gasteiger partial charge in [0.2, 0.25) is 0 Å². The van der Waals surface area contributed by atoms with E-state index in [1.54, 1.807) is 28.8 Å². The summed E-state index contributed by atoms with van der Waals surface area (Å²) < 4.78 is 1.67. The van der Waals surface area contributed by atoms with E-state index in [1.807, 2.05) is 6.07 Å². The summed E-state index contributed by atoms with van der Waals surface area (Å²) in [6, 6.07) is 12.8. The number of nitrogens with zero attached hydrogens (tertiary/aromatic N) is 3. The number of nitrogens with one attached hydrogen (secondary N) is 1. The Balaban J connectivity index is 1.82. The lowest BCUT2D eigenvalue weighted by Gasteiger charge is -2.09. The Morgan fingerprint density at radius 2 is 1.65 bits per heavy atom. The van der Waals surface area contributed by atoms with Crippen molar-refractivity contribution in [1.82, 2.24) is 14.8 Å². The van der Waals surface area contributed by atoms with Crippen LogP contribution < -0.4 is 10.4 Å². The number of carbonyl (C=O) groups is 2. The molecule has 3 rings (SSSR count). The monoisotopic (exact) mass is 307 g/mol. The van der Waals surface area contributed by atoms with Gasteiger partial charge in [0.1, 0.15) is 12.7 Å². The molecule has 1 amide bonds. The van der Waals surface area contributed by atoms with Gasteiger partial charge < -0.3 is 15.2 Å². The van der Waals surface area contributed by atoms with Crippen molar-refractivity contribution < 1.29 is 14.7 Å². The number of anilines is 1. The van der Waals surface area contributed by atoms with Crippen molar-refractivity contribution in [2.24, 2.45) is 0 Å². The highest BCUT2D eigenvalue weighted by molar-refractivity contribution is 6.05. The highest BCUT2D eigenvalue weighted by Gasteiger charge is 2.08. The van der Waals surface area contributed by atoms with Gasteiger partial charge in [0.05, 0.1) is 5.97 Å². The number of carbonyl (C=O) groups excluding carboxylic acids is 2. The number of hydrogen-bond donors (Lipinski definition) is 1. The van der Waals surface area contributed by atoms with E-state index in [2.05, 4.69) is 15.5 Å². The minimum Gasteiger partial charge on any atom is -0.545 e. The van der Waals surface area contributed by atoms with Crippen molar-refractivity contribution in [3.8, 4) is 5.69 Å². The largest absolute Gasteiger partial charge is 0.545 e. The number of carboxylic acids is 1. The molecular formula is C16H11N4O3-. The van der Waals surface area contributed by atoms with Crippen molar-refractivity contribution in [3.63, 3.8) is 0 Å². The SMILES string of the molecule is O=C([O-])c1cccc(NC(=O)c2cccc(-n3cnnc3)c2)c1. The summed E-state index contributed by atoms with van der Waals surface area (Å²) in [5.74, 6) is -1.65. The van der Waals surface area contributed by atoms with Crippen LogP contribution in [0.2, 0.25) is 0 Å². The Bertz CT molecular complexity index is 859. The molecule has 23 heavy (non-hydrogen) atoms. The quantitative estimate of drug-likeness (QED) is 0.771. The molecule has 7 nitrogen and oxygen atoms in total. The third kappa shape index (κ3) is 3.24. The summed E-state index contributed by atoms with van der Waals surface area (Å²) in [5, 5.41) is 20.9. The van der Waals surface area contributed by atoms with Crippen LogP contribution in [0, 0.1) is 0 Å². The maximum atomic E-state index is 12.3. The zero-order chi connectivity index (χ0) is 16.2. The minimum absolute atomic E-state index is 0.000964. The van der Waals surface area contributed by atoms with Gasteiger partial charge in [-0.2, -0.15) is 0 Å². The standard InChI is InChI=1S/C16H12N4O3/c21-15(19-13-5-1-4-12(7-13)16(22)23)11-3-2-6-14(8-11)20-9-17-18-10-20/h1-10H,(H,19,21)(H,22,23)/p-1. The lowest BCUT2D eigenvalue weighted by molar-refractivity contribution is -0.255. The maximum Gasteiger partial charge on any atom is 0.255 e. The number of amides is 1. The third-order valence-corrected chi connectivity index (χ3v) is 3.18. The number of hydrogen-bond acceptors (Lipinski definition) is 5. The molecule has 0 radical (unpaired) electrons. The molecule has 0 bridgehead atoms. The minimum atomic E-state index is -1.30. The first-order chi connectivity index (χ1) is 11.1. The fourth-order valence-electron chi connectivity index (χ4n) is 2.07. The van der Waals surface area contributed by atoms with E-state index in [-0.39, 0.29) is 11.5 Å². The van der Waals surface area contributed by atoms with Crippen molar-refractivity contribution >= 4 is 17.6 Å². The predicted molar refractivity (Wildman–Crippen MR) is 80.1 cm³/mol. The average Bonchev–Trinajstić information content (AvgIpc) is 3.10. The van der Waals surface area contributed by atoms with Gasteiger partial charge in [-0.1, -0.05) is 18.2 Å². The summed E-state index contributed by atoms with van der Waals surface area (Å²) in [6.45, 7) is 0. The van der Waals surface area contributed by atoms with Crippen LogP contribution in [-0.4, -0.2) is 26.6 Å². The molecule has 0 saturated heterocycles. The number of carboxylic acid groups (broad SMARTS) is 1. The summed E-state index contributed by atoms with van der Waals surface area (Å²) in [7, 11) is 0. The molecule has 3 aromatic rings. The highest BCUT2D eigenvalue weighted by Crippen LogP contribution is 2.14. The Morgan fingerprint density at radius 1 is 0.957 bits per heavy atom. The summed E-state index contributed by atoms with van der Waals surface area (Å²) in [6.07, 6.45) is 3.06. The third-order valence-electron chi connectivity index (χ3n) is 3.18. The molecule has 0 aliphatic rings. The number of aromatic carboxylic acids is 1. The fourth-order valence-corrected chi connectivity index (χ4v) is 2.07. The topological polar surface area (TPSA) is 99.9 Å². The van der Waals surface area contributed by atoms with Gasteiger partial charge in [0.15, 0.2) is 0 Å². The van der Waals surface area contributed by atoms with Gasteiger partial charge >= 0.3 is 0 Å². The van der Waals surface area contributed by atoms with Crippen molar-refractivity contribution in [2.75, 3.05) is 5.32 Å². The number of aromatic nitrogens is 3. The molecule has 0 aliphatic heterocycles. The van der Waals surface area contributed by atoms with Crippen LogP contribution in [0.3, 0.4) is 0 Å². The van der Waals surface area contributed by atoms with Crippen LogP contribution in [0.1, 0.15) is 20.7 Å². The molecule has 0 aliphatic carbocycles. The van der Waals surface area contributed by atoms with Gasteiger partial charge in [-0.15, -0.1) is 10.2 Å². The van der Waals surface area contributed by atoms with E-state index in [0.717, 1.165) is 5.69 Å². The van der Waals surface area contributed by atoms with E-state index >= 15 is 0 Å². The van der Waals surface area contributed by atoms with Crippen molar-refractivity contribution in [1.29, 1.82) is 0 Å². The average molecular weight is 307 g/mol. The Kier molecular flexibility index (Phi) is 3.84. The smallest absolute Gasteiger partial charge is 0.255 e. The Hall–Kier alpha value is -3.48. The molecule has 1 N–H and O–H groups in total. The van der Waals surface area contributed by atoms with E-state index in [0.29, 0.717) is 11.3 Å². The van der Waals surface area contributed by atoms with Crippen molar-refractivity contribution in [3.05, 3.63) is 72.3 Å². The number of rotatable bonds is 4. The first-order valence-electron chi connectivity index (χ1n) is 6.71. The predicted octanol–water partition coefficient (Wildman–Crippen LogP) is 0.883. The molecule has 0 unspecified atom stereocenters. The van der Waals surface area contributed by atoms with Crippen LogP contribution >= 0.6 is 0 Å². The first kappa shape index (κ1) is 14.5. The molecule has 114 valence electrons. The maximum absolute atomic E-state index is 12.3. The fraction of sp³-hybridized carbons (Fsp3) is 0. The van der Waals surface area contributed by atoms with E-state index < -0.39 is 5.97 Å². The zero-order valence-electron chi connectivity index (χ0n) is 11.8. The van der Waals surface area contributed by atoms with Crippen LogP contribution in [0.15, 0.2) is 61.2 Å². The Morgan fingerprint density at radius 3 is 2.39 bits per heavy atom. The molecule has 2 aromatic carbocycles. The summed E-state index contributed by atoms with van der Waals surface area (Å²) >= 11 is 0. The molecule has 0 fully saturated rings. The Labute approximate surface area is 131 Å². The van der Waals surface area contributed by atoms with Crippen LogP contribution in [0.4, 0.5) is 5.69 Å². The number of benzene rings is 2. The van der Waals surface area contributed by atoms with Gasteiger partial charge in [-0.3, -0.25) is 9.36 Å². The van der Waals surface area contributed by atoms with Crippen LogP contribution in [0.5, 0.6) is 0 Å². The van der Waals surface area contributed by atoms with E-state index in [9.17, 15) is 14.7 Å². The van der Waals surface area contributed by atoms with E-state index in [1.165, 1.54) is 30.9 Å². The summed E-state index contributed by atoms with van der Waals surface area (Å²) in [4.78, 5) is 23.1. The molecule has 1 aromatic heterocycles. The molecule has 0 atom stereocenters. The molecule has 0 saturated carbocycles. The molecule has 1 heterocycles. The molecular weight excluding hydrogens is 296 g/mol. The van der Waals surface area contributed by atoms with Gasteiger partial charge in [0.25, 0.3) is 5.91 Å².